The smallest absolute Gasteiger partial charge is 0.302 e. The van der Waals surface area contributed by atoms with Crippen molar-refractivity contribution in [2.75, 3.05) is 20.2 Å². The Kier molecular flexibility index (Phi) is 10.1. The van der Waals surface area contributed by atoms with Crippen LogP contribution in [0.3, 0.4) is 0 Å². The summed E-state index contributed by atoms with van der Waals surface area (Å²) in [6.45, 7) is 6.15. The van der Waals surface area contributed by atoms with Gasteiger partial charge in [-0.15, -0.1) is 0 Å². The van der Waals surface area contributed by atoms with E-state index in [0.717, 1.165) is 5.56 Å². The summed E-state index contributed by atoms with van der Waals surface area (Å²) in [5.41, 5.74) is 1.04. The predicted octanol–water partition coefficient (Wildman–Crippen LogP) is 1.35. The summed E-state index contributed by atoms with van der Waals surface area (Å²) in [5, 5.41) is 2.52. The molecule has 0 atom stereocenters. The van der Waals surface area contributed by atoms with Crippen LogP contribution in [0, 0.1) is 0 Å². The van der Waals surface area contributed by atoms with Gasteiger partial charge < -0.3 is 15.0 Å². The van der Waals surface area contributed by atoms with Crippen molar-refractivity contribution in [2.45, 2.75) is 27.3 Å². The zero-order valence-electron chi connectivity index (χ0n) is 13.6. The molecule has 1 aliphatic heterocycles. The molecule has 1 saturated heterocycles. The van der Waals surface area contributed by atoms with Crippen LogP contribution in [-0.4, -0.2) is 42.9 Å². The number of carbonyl (C=O) groups excluding carboxylic acids is 3. The third-order valence-corrected chi connectivity index (χ3v) is 2.63. The summed E-state index contributed by atoms with van der Waals surface area (Å²) >= 11 is 0. The van der Waals surface area contributed by atoms with Gasteiger partial charge in [0.15, 0.2) is 0 Å². The maximum Gasteiger partial charge on any atom is 0.302 e. The van der Waals surface area contributed by atoms with E-state index in [9.17, 15) is 14.4 Å². The lowest BCUT2D eigenvalue weighted by molar-refractivity contribution is -0.141. The lowest BCUT2D eigenvalue weighted by Crippen LogP contribution is -2.50. The molecule has 1 heterocycles. The number of benzene rings is 1. The van der Waals surface area contributed by atoms with Crippen LogP contribution in [0.4, 0.5) is 0 Å². The second-order valence-electron chi connectivity index (χ2n) is 4.21. The first-order chi connectivity index (χ1) is 10.5. The first-order valence-corrected chi connectivity index (χ1v) is 7.16. The number of methoxy groups -OCH3 is 1. The Morgan fingerprint density at radius 3 is 2.27 bits per heavy atom. The monoisotopic (exact) mass is 308 g/mol. The molecule has 22 heavy (non-hydrogen) atoms. The minimum Gasteiger partial charge on any atom is -0.469 e. The molecule has 122 valence electrons. The molecular weight excluding hydrogens is 284 g/mol. The molecule has 1 aromatic carbocycles. The molecule has 2 rings (SSSR count). The number of rotatable bonds is 2. The zero-order chi connectivity index (χ0) is 17.0. The van der Waals surface area contributed by atoms with Crippen molar-refractivity contribution in [3.8, 4) is 0 Å². The summed E-state index contributed by atoms with van der Waals surface area (Å²) in [7, 11) is 1.35. The summed E-state index contributed by atoms with van der Waals surface area (Å²) in [4.78, 5) is 33.7. The fraction of sp³-hybridized carbons (Fsp3) is 0.438. The van der Waals surface area contributed by atoms with E-state index < -0.39 is 0 Å². The van der Waals surface area contributed by atoms with Crippen LogP contribution in [0.5, 0.6) is 0 Å². The third-order valence-electron chi connectivity index (χ3n) is 2.63. The molecule has 1 N–H and O–H groups in total. The standard InChI is InChI=1S/C11H12N2O2.C3H6O2.C2H6/c14-10-8-13(11(15)6-12-10)7-9-4-2-1-3-5-9;1-3(4)5-2;1-2/h1-5H,6-8H2,(H,12,14);1-2H3;1-2H3. The first-order valence-electron chi connectivity index (χ1n) is 7.16. The first kappa shape index (κ1) is 19.6. The number of nitrogens with one attached hydrogen (secondary N) is 1. The van der Waals surface area contributed by atoms with Gasteiger partial charge in [0.25, 0.3) is 0 Å². The number of nitrogens with zero attached hydrogens (tertiary/aromatic N) is 1. The maximum atomic E-state index is 11.5. The Labute approximate surface area is 131 Å². The lowest BCUT2D eigenvalue weighted by Gasteiger charge is -2.26. The van der Waals surface area contributed by atoms with Gasteiger partial charge in [0.2, 0.25) is 11.8 Å². The molecule has 1 fully saturated rings. The lowest BCUT2D eigenvalue weighted by atomic mass is 10.2. The number of esters is 1. The molecule has 0 radical (unpaired) electrons. The highest BCUT2D eigenvalue weighted by Gasteiger charge is 2.22. The Morgan fingerprint density at radius 2 is 1.77 bits per heavy atom. The second kappa shape index (κ2) is 11.3. The maximum absolute atomic E-state index is 11.5. The van der Waals surface area contributed by atoms with Gasteiger partial charge >= 0.3 is 5.97 Å². The van der Waals surface area contributed by atoms with Crippen molar-refractivity contribution in [1.82, 2.24) is 10.2 Å². The van der Waals surface area contributed by atoms with E-state index in [1.807, 2.05) is 44.2 Å². The molecule has 0 aliphatic carbocycles. The molecule has 1 aromatic rings. The Balaban J connectivity index is 0.000000540. The minimum atomic E-state index is -0.245. The van der Waals surface area contributed by atoms with Crippen LogP contribution in [-0.2, 0) is 25.7 Å². The van der Waals surface area contributed by atoms with Crippen molar-refractivity contribution in [2.24, 2.45) is 0 Å². The third kappa shape index (κ3) is 8.04. The number of ether oxygens (including phenoxy) is 1. The van der Waals surface area contributed by atoms with Crippen molar-refractivity contribution in [3.63, 3.8) is 0 Å². The largest absolute Gasteiger partial charge is 0.469 e. The Bertz CT molecular complexity index is 474. The Morgan fingerprint density at radius 1 is 1.23 bits per heavy atom. The van der Waals surface area contributed by atoms with Crippen LogP contribution in [0.1, 0.15) is 26.3 Å². The van der Waals surface area contributed by atoms with E-state index >= 15 is 0 Å². The highest BCUT2D eigenvalue weighted by Crippen LogP contribution is 2.05. The molecule has 6 heteroatoms. The normalized spacial score (nSPS) is 13.0. The van der Waals surface area contributed by atoms with E-state index in [2.05, 4.69) is 10.1 Å². The van der Waals surface area contributed by atoms with Crippen molar-refractivity contribution >= 4 is 17.8 Å². The number of amides is 2. The number of carbonyl (C=O) groups is 3. The summed E-state index contributed by atoms with van der Waals surface area (Å²) in [5.74, 6) is -0.367. The summed E-state index contributed by atoms with van der Waals surface area (Å²) in [6, 6.07) is 9.65. The summed E-state index contributed by atoms with van der Waals surface area (Å²) < 4.78 is 4.11. The van der Waals surface area contributed by atoms with Gasteiger partial charge in [0.05, 0.1) is 20.2 Å². The van der Waals surface area contributed by atoms with E-state index in [1.165, 1.54) is 14.0 Å². The fourth-order valence-electron chi connectivity index (χ4n) is 1.55. The molecule has 1 aliphatic rings. The number of piperazine rings is 1. The molecule has 2 amide bonds. The van der Waals surface area contributed by atoms with Crippen molar-refractivity contribution in [3.05, 3.63) is 35.9 Å². The van der Waals surface area contributed by atoms with Gasteiger partial charge in [-0.3, -0.25) is 14.4 Å². The highest BCUT2D eigenvalue weighted by molar-refractivity contribution is 5.92. The quantitative estimate of drug-likeness (QED) is 0.837. The average molecular weight is 308 g/mol. The average Bonchev–Trinajstić information content (AvgIpc) is 2.54. The van der Waals surface area contributed by atoms with Gasteiger partial charge in [-0.25, -0.2) is 0 Å². The van der Waals surface area contributed by atoms with Crippen molar-refractivity contribution < 1.29 is 19.1 Å². The molecule has 0 bridgehead atoms. The van der Waals surface area contributed by atoms with Crippen LogP contribution in [0.15, 0.2) is 30.3 Å². The zero-order valence-corrected chi connectivity index (χ0v) is 13.6. The van der Waals surface area contributed by atoms with E-state index in [0.29, 0.717) is 6.54 Å². The van der Waals surface area contributed by atoms with Crippen molar-refractivity contribution in [1.29, 1.82) is 0 Å². The molecule has 0 unspecified atom stereocenters. The molecular formula is C16H24N2O4. The molecule has 0 aromatic heterocycles. The Hall–Kier alpha value is -2.37. The van der Waals surface area contributed by atoms with Gasteiger partial charge in [-0.05, 0) is 5.56 Å². The SMILES string of the molecule is CC.COC(C)=O.O=C1CN(Cc2ccccc2)C(=O)CN1. The highest BCUT2D eigenvalue weighted by atomic mass is 16.5. The van der Waals surface area contributed by atoms with Gasteiger partial charge in [-0.1, -0.05) is 44.2 Å². The predicted molar refractivity (Wildman–Crippen MR) is 83.9 cm³/mol. The van der Waals surface area contributed by atoms with Gasteiger partial charge in [0, 0.05) is 13.5 Å². The van der Waals surface area contributed by atoms with E-state index in [1.54, 1.807) is 4.90 Å². The fourth-order valence-corrected chi connectivity index (χ4v) is 1.55. The second-order valence-corrected chi connectivity index (χ2v) is 4.21. The minimum absolute atomic E-state index is 0.0292. The number of hydrogen-bond acceptors (Lipinski definition) is 4. The van der Waals surface area contributed by atoms with Crippen LogP contribution in [0.25, 0.3) is 0 Å². The molecule has 0 saturated carbocycles. The van der Waals surface area contributed by atoms with Gasteiger partial charge in [0.1, 0.15) is 0 Å². The summed E-state index contributed by atoms with van der Waals surface area (Å²) in [6.07, 6.45) is 0. The number of hydrogen-bond donors (Lipinski definition) is 1. The molecule has 6 nitrogen and oxygen atoms in total. The van der Waals surface area contributed by atoms with Gasteiger partial charge in [-0.2, -0.15) is 0 Å². The van der Waals surface area contributed by atoms with Crippen LogP contribution >= 0.6 is 0 Å². The van der Waals surface area contributed by atoms with E-state index in [4.69, 9.17) is 0 Å². The van der Waals surface area contributed by atoms with E-state index in [-0.39, 0.29) is 30.9 Å². The van der Waals surface area contributed by atoms with Crippen LogP contribution < -0.4 is 5.32 Å². The molecule has 0 spiro atoms. The van der Waals surface area contributed by atoms with Crippen LogP contribution in [0.2, 0.25) is 0 Å². The topological polar surface area (TPSA) is 75.7 Å².